The van der Waals surface area contributed by atoms with Crippen LogP contribution in [0.1, 0.15) is 17.0 Å². The SMILES string of the molecule is C1=CC2c3c(cccc3-c3nc(-c4ccc5ccccc5c4)nc(-c4ccc5c6c(cccc46)-c4ccccc4-5)n3)OC2C=C1c1ccccc1. The highest BCUT2D eigenvalue weighted by molar-refractivity contribution is 6.18. The Morgan fingerprint density at radius 1 is 0.471 bits per heavy atom. The third-order valence-electron chi connectivity index (χ3n) is 10.6. The maximum absolute atomic E-state index is 6.63. The van der Waals surface area contributed by atoms with Crippen molar-refractivity contribution in [1.29, 1.82) is 0 Å². The molecule has 1 aromatic heterocycles. The van der Waals surface area contributed by atoms with Crippen LogP contribution in [-0.2, 0) is 0 Å². The lowest BCUT2D eigenvalue weighted by Crippen LogP contribution is -2.17. The van der Waals surface area contributed by atoms with Crippen LogP contribution in [0.25, 0.3) is 83.5 Å². The van der Waals surface area contributed by atoms with E-state index in [1.54, 1.807) is 0 Å². The Bertz CT molecular complexity index is 2770. The lowest BCUT2D eigenvalue weighted by atomic mass is 9.85. The summed E-state index contributed by atoms with van der Waals surface area (Å²) in [7, 11) is 0. The molecule has 0 amide bonds. The summed E-state index contributed by atoms with van der Waals surface area (Å²) in [5.41, 5.74) is 11.4. The standard InChI is InChI=1S/C47H29N3O/c1-2-10-28(11-3-1)31-22-23-39-42(27-31)51-41-19-9-18-40(44(39)41)47-49-45(32-21-20-29-12-4-5-13-30(29)26-32)48-46(50-47)38-25-24-37-34-15-7-6-14-33(34)35-16-8-17-36(38)43(35)37/h1-27,39,42H. The number of nitrogens with zero attached hydrogens (tertiary/aromatic N) is 3. The van der Waals surface area contributed by atoms with Crippen molar-refractivity contribution in [2.24, 2.45) is 0 Å². The fourth-order valence-corrected chi connectivity index (χ4v) is 8.25. The Morgan fingerprint density at radius 3 is 2.00 bits per heavy atom. The maximum atomic E-state index is 6.63. The molecule has 2 atom stereocenters. The topological polar surface area (TPSA) is 47.9 Å². The average Bonchev–Trinajstić information content (AvgIpc) is 3.74. The lowest BCUT2D eigenvalue weighted by Gasteiger charge is -2.19. The van der Waals surface area contributed by atoms with Crippen LogP contribution >= 0.6 is 0 Å². The van der Waals surface area contributed by atoms with Gasteiger partial charge in [0.05, 0.1) is 0 Å². The van der Waals surface area contributed by atoms with Crippen molar-refractivity contribution in [3.8, 4) is 62.2 Å². The van der Waals surface area contributed by atoms with E-state index in [-0.39, 0.29) is 12.0 Å². The Kier molecular flexibility index (Phi) is 6.05. The second-order valence-electron chi connectivity index (χ2n) is 13.5. The van der Waals surface area contributed by atoms with E-state index in [1.165, 1.54) is 44.2 Å². The van der Waals surface area contributed by atoms with Gasteiger partial charge in [-0.25, -0.2) is 15.0 Å². The van der Waals surface area contributed by atoms with Gasteiger partial charge in [0.1, 0.15) is 11.9 Å². The maximum Gasteiger partial charge on any atom is 0.164 e. The van der Waals surface area contributed by atoms with Crippen LogP contribution in [0.5, 0.6) is 5.75 Å². The van der Waals surface area contributed by atoms with E-state index < -0.39 is 0 Å². The molecule has 51 heavy (non-hydrogen) atoms. The number of rotatable bonds is 4. The highest BCUT2D eigenvalue weighted by atomic mass is 16.5. The van der Waals surface area contributed by atoms with E-state index in [2.05, 4.69) is 152 Å². The van der Waals surface area contributed by atoms with E-state index in [0.717, 1.165) is 38.8 Å². The minimum atomic E-state index is -0.110. The number of hydrogen-bond acceptors (Lipinski definition) is 4. The molecule has 3 aliphatic rings. The number of allylic oxidation sites excluding steroid dienone is 2. The number of benzene rings is 7. The van der Waals surface area contributed by atoms with Crippen molar-refractivity contribution in [2.45, 2.75) is 12.0 Å². The van der Waals surface area contributed by atoms with Gasteiger partial charge in [0.25, 0.3) is 0 Å². The molecule has 4 heteroatoms. The van der Waals surface area contributed by atoms with Gasteiger partial charge in [0.15, 0.2) is 17.5 Å². The molecule has 0 saturated carbocycles. The molecule has 2 unspecified atom stereocenters. The summed E-state index contributed by atoms with van der Waals surface area (Å²) in [5.74, 6) is 2.85. The third-order valence-corrected chi connectivity index (χ3v) is 10.6. The molecule has 0 radical (unpaired) electrons. The lowest BCUT2D eigenvalue weighted by molar-refractivity contribution is 0.269. The van der Waals surface area contributed by atoms with Crippen molar-refractivity contribution in [3.05, 3.63) is 175 Å². The molecule has 0 N–H and O–H groups in total. The van der Waals surface area contributed by atoms with Gasteiger partial charge in [-0.15, -0.1) is 0 Å². The molecule has 238 valence electrons. The molecule has 8 aromatic rings. The second-order valence-corrected chi connectivity index (χ2v) is 13.5. The molecule has 7 aromatic carbocycles. The average molecular weight is 652 g/mol. The zero-order valence-corrected chi connectivity index (χ0v) is 27.5. The Hall–Kier alpha value is -6.65. The molecule has 1 aliphatic heterocycles. The molecule has 11 rings (SSSR count). The van der Waals surface area contributed by atoms with Crippen molar-refractivity contribution >= 4 is 27.1 Å². The van der Waals surface area contributed by atoms with Gasteiger partial charge < -0.3 is 4.74 Å². The summed E-state index contributed by atoms with van der Waals surface area (Å²) in [6, 6.07) is 51.2. The molecule has 0 saturated heterocycles. The molecular formula is C47H29N3O. The molecule has 2 aliphatic carbocycles. The molecule has 4 nitrogen and oxygen atoms in total. The van der Waals surface area contributed by atoms with Crippen molar-refractivity contribution in [2.75, 3.05) is 0 Å². The molecule has 0 spiro atoms. The minimum absolute atomic E-state index is 0.0447. The number of fused-ring (bicyclic) bond motifs is 7. The van der Waals surface area contributed by atoms with E-state index in [0.29, 0.717) is 17.5 Å². The van der Waals surface area contributed by atoms with Crippen LogP contribution in [0.3, 0.4) is 0 Å². The number of ether oxygens (including phenoxy) is 1. The van der Waals surface area contributed by atoms with Gasteiger partial charge >= 0.3 is 0 Å². The van der Waals surface area contributed by atoms with E-state index >= 15 is 0 Å². The third kappa shape index (κ3) is 4.36. The first-order valence-electron chi connectivity index (χ1n) is 17.4. The Labute approximate surface area is 295 Å². The van der Waals surface area contributed by atoms with Gasteiger partial charge in [-0.1, -0.05) is 140 Å². The summed E-state index contributed by atoms with van der Waals surface area (Å²) in [6.07, 6.45) is 6.63. The fraction of sp³-hybridized carbons (Fsp3) is 0.0426. The molecular weight excluding hydrogens is 623 g/mol. The molecule has 0 fully saturated rings. The Morgan fingerprint density at radius 2 is 1.14 bits per heavy atom. The first kappa shape index (κ1) is 28.2. The van der Waals surface area contributed by atoms with E-state index in [4.69, 9.17) is 19.7 Å². The zero-order valence-electron chi connectivity index (χ0n) is 27.5. The summed E-state index contributed by atoms with van der Waals surface area (Å²) < 4.78 is 6.63. The number of hydrogen-bond donors (Lipinski definition) is 0. The van der Waals surface area contributed by atoms with E-state index in [1.807, 2.05) is 12.1 Å². The van der Waals surface area contributed by atoms with Gasteiger partial charge in [-0.2, -0.15) is 0 Å². The smallest absolute Gasteiger partial charge is 0.164 e. The van der Waals surface area contributed by atoms with E-state index in [9.17, 15) is 0 Å². The normalized spacial score (nSPS) is 16.4. The van der Waals surface area contributed by atoms with Crippen LogP contribution < -0.4 is 4.74 Å². The van der Waals surface area contributed by atoms with Gasteiger partial charge in [0, 0.05) is 28.2 Å². The van der Waals surface area contributed by atoms with Crippen LogP contribution in [0.15, 0.2) is 164 Å². The van der Waals surface area contributed by atoms with Gasteiger partial charge in [0.2, 0.25) is 0 Å². The van der Waals surface area contributed by atoms with Crippen LogP contribution in [0.4, 0.5) is 0 Å². The highest BCUT2D eigenvalue weighted by Gasteiger charge is 2.36. The predicted molar refractivity (Wildman–Crippen MR) is 206 cm³/mol. The first-order valence-corrected chi connectivity index (χ1v) is 17.4. The fourth-order valence-electron chi connectivity index (χ4n) is 8.25. The summed E-state index contributed by atoms with van der Waals surface area (Å²) in [6.45, 7) is 0. The van der Waals surface area contributed by atoms with Crippen molar-refractivity contribution in [3.63, 3.8) is 0 Å². The van der Waals surface area contributed by atoms with Crippen LogP contribution in [0, 0.1) is 0 Å². The van der Waals surface area contributed by atoms with Crippen LogP contribution in [0.2, 0.25) is 0 Å². The summed E-state index contributed by atoms with van der Waals surface area (Å²) >= 11 is 0. The van der Waals surface area contributed by atoms with Gasteiger partial charge in [-0.3, -0.25) is 0 Å². The summed E-state index contributed by atoms with van der Waals surface area (Å²) in [4.78, 5) is 15.8. The van der Waals surface area contributed by atoms with Crippen molar-refractivity contribution < 1.29 is 4.74 Å². The van der Waals surface area contributed by atoms with Crippen LogP contribution in [-0.4, -0.2) is 21.1 Å². The largest absolute Gasteiger partial charge is 0.485 e. The predicted octanol–water partition coefficient (Wildman–Crippen LogP) is 11.3. The molecule has 0 bridgehead atoms. The molecule has 2 heterocycles. The monoisotopic (exact) mass is 651 g/mol. The quantitative estimate of drug-likeness (QED) is 0.190. The highest BCUT2D eigenvalue weighted by Crippen LogP contribution is 2.50. The number of aromatic nitrogens is 3. The Balaban J connectivity index is 1.10. The summed E-state index contributed by atoms with van der Waals surface area (Å²) in [5, 5.41) is 4.71. The minimum Gasteiger partial charge on any atom is -0.485 e. The second kappa shape index (κ2) is 10.9. The van der Waals surface area contributed by atoms with Crippen molar-refractivity contribution in [1.82, 2.24) is 15.0 Å². The first-order chi connectivity index (χ1) is 25.3. The van der Waals surface area contributed by atoms with Gasteiger partial charge in [-0.05, 0) is 79.2 Å². The zero-order chi connectivity index (χ0) is 33.5.